The van der Waals surface area contributed by atoms with Gasteiger partial charge in [0, 0.05) is 19.6 Å². The molecule has 31 heavy (non-hydrogen) atoms. The lowest BCUT2D eigenvalue weighted by Crippen LogP contribution is -2.51. The molecular weight excluding hydrogens is 438 g/mol. The van der Waals surface area contributed by atoms with E-state index in [1.165, 1.54) is 28.6 Å². The molecule has 4 rings (SSSR count). The van der Waals surface area contributed by atoms with Crippen molar-refractivity contribution in [3.8, 4) is 0 Å². The van der Waals surface area contributed by atoms with Gasteiger partial charge < -0.3 is 5.73 Å². The predicted molar refractivity (Wildman–Crippen MR) is 115 cm³/mol. The summed E-state index contributed by atoms with van der Waals surface area (Å²) < 4.78 is 54.9. The van der Waals surface area contributed by atoms with Crippen molar-refractivity contribution in [2.45, 2.75) is 48.1 Å². The number of hydrogen-bond donors (Lipinski definition) is 1. The van der Waals surface area contributed by atoms with Gasteiger partial charge in [0.25, 0.3) is 0 Å². The number of fused-ring (bicyclic) bond motifs is 1. The Balaban J connectivity index is 1.65. The molecule has 0 bridgehead atoms. The van der Waals surface area contributed by atoms with Crippen LogP contribution in [0.25, 0.3) is 0 Å². The number of piperidine rings is 1. The lowest BCUT2D eigenvalue weighted by Gasteiger charge is -2.34. The number of primary amides is 1. The highest BCUT2D eigenvalue weighted by Crippen LogP contribution is 2.30. The summed E-state index contributed by atoms with van der Waals surface area (Å²) in [5.74, 6) is -0.720. The SMILES string of the molecule is NC(=O)[C@@H]1Cc2ccccc2CN1S(=O)(=O)c1ccc(S(=O)(=O)N2CCCCC2)cc1. The number of amides is 1. The van der Waals surface area contributed by atoms with Gasteiger partial charge in [0.1, 0.15) is 6.04 Å². The van der Waals surface area contributed by atoms with Crippen LogP contribution in [-0.4, -0.2) is 50.5 Å². The summed E-state index contributed by atoms with van der Waals surface area (Å²) in [6, 6.07) is 11.5. The van der Waals surface area contributed by atoms with Crippen LogP contribution in [0.5, 0.6) is 0 Å². The van der Waals surface area contributed by atoms with Gasteiger partial charge >= 0.3 is 0 Å². The summed E-state index contributed by atoms with van der Waals surface area (Å²) >= 11 is 0. The van der Waals surface area contributed by atoms with Gasteiger partial charge in [0.15, 0.2) is 0 Å². The molecule has 2 aromatic rings. The topological polar surface area (TPSA) is 118 Å². The van der Waals surface area contributed by atoms with Crippen LogP contribution < -0.4 is 5.73 Å². The molecule has 0 radical (unpaired) electrons. The summed E-state index contributed by atoms with van der Waals surface area (Å²) in [7, 11) is -7.72. The molecule has 2 heterocycles. The van der Waals surface area contributed by atoms with Gasteiger partial charge in [-0.25, -0.2) is 16.8 Å². The van der Waals surface area contributed by atoms with E-state index in [1.807, 2.05) is 24.3 Å². The van der Waals surface area contributed by atoms with E-state index in [0.29, 0.717) is 13.1 Å². The van der Waals surface area contributed by atoms with Gasteiger partial charge in [-0.15, -0.1) is 0 Å². The van der Waals surface area contributed by atoms with E-state index < -0.39 is 32.0 Å². The fourth-order valence-corrected chi connectivity index (χ4v) is 7.26. The van der Waals surface area contributed by atoms with Gasteiger partial charge in [0.2, 0.25) is 26.0 Å². The molecule has 2 aliphatic heterocycles. The number of carbonyl (C=O) groups excluding carboxylic acids is 1. The monoisotopic (exact) mass is 463 g/mol. The van der Waals surface area contributed by atoms with Crippen LogP contribution in [0.15, 0.2) is 58.3 Å². The molecule has 2 aliphatic rings. The zero-order chi connectivity index (χ0) is 22.2. The number of nitrogens with two attached hydrogens (primary N) is 1. The van der Waals surface area contributed by atoms with Crippen LogP contribution in [0.1, 0.15) is 30.4 Å². The van der Waals surface area contributed by atoms with Crippen LogP contribution in [0.2, 0.25) is 0 Å². The van der Waals surface area contributed by atoms with Crippen molar-refractivity contribution in [1.82, 2.24) is 8.61 Å². The fraction of sp³-hybridized carbons (Fsp3) is 0.381. The number of benzene rings is 2. The molecule has 0 saturated carbocycles. The second-order valence-corrected chi connectivity index (χ2v) is 11.7. The molecule has 8 nitrogen and oxygen atoms in total. The normalized spacial score (nSPS) is 20.8. The minimum absolute atomic E-state index is 0.0277. The maximum atomic E-state index is 13.3. The Morgan fingerprint density at radius 3 is 1.94 bits per heavy atom. The Morgan fingerprint density at radius 2 is 1.35 bits per heavy atom. The number of hydrogen-bond acceptors (Lipinski definition) is 5. The highest BCUT2D eigenvalue weighted by molar-refractivity contribution is 7.89. The van der Waals surface area contributed by atoms with Crippen LogP contribution in [-0.2, 0) is 37.8 Å². The largest absolute Gasteiger partial charge is 0.368 e. The van der Waals surface area contributed by atoms with Crippen molar-refractivity contribution in [2.24, 2.45) is 5.73 Å². The molecule has 0 spiro atoms. The Bertz CT molecular complexity index is 1190. The zero-order valence-electron chi connectivity index (χ0n) is 17.0. The summed E-state index contributed by atoms with van der Waals surface area (Å²) in [6.07, 6.45) is 2.84. The molecule has 1 atom stereocenters. The lowest BCUT2D eigenvalue weighted by atomic mass is 9.96. The van der Waals surface area contributed by atoms with Gasteiger partial charge in [-0.3, -0.25) is 4.79 Å². The average Bonchev–Trinajstić information content (AvgIpc) is 2.78. The van der Waals surface area contributed by atoms with E-state index in [4.69, 9.17) is 5.73 Å². The van der Waals surface area contributed by atoms with Crippen LogP contribution >= 0.6 is 0 Å². The quantitative estimate of drug-likeness (QED) is 0.720. The van der Waals surface area contributed by atoms with E-state index in [0.717, 1.165) is 34.7 Å². The molecule has 10 heteroatoms. The molecule has 166 valence electrons. The Hall–Kier alpha value is -2.27. The van der Waals surface area contributed by atoms with Crippen molar-refractivity contribution in [1.29, 1.82) is 0 Å². The Morgan fingerprint density at radius 1 is 0.806 bits per heavy atom. The first kappa shape index (κ1) is 21.9. The van der Waals surface area contributed by atoms with E-state index >= 15 is 0 Å². The van der Waals surface area contributed by atoms with E-state index in [9.17, 15) is 21.6 Å². The van der Waals surface area contributed by atoms with E-state index in [2.05, 4.69) is 0 Å². The van der Waals surface area contributed by atoms with Crippen molar-refractivity contribution in [3.05, 3.63) is 59.7 Å². The highest BCUT2D eigenvalue weighted by atomic mass is 32.2. The second kappa shape index (κ2) is 8.34. The Labute approximate surface area is 182 Å². The van der Waals surface area contributed by atoms with Gasteiger partial charge in [-0.1, -0.05) is 30.7 Å². The first-order valence-electron chi connectivity index (χ1n) is 10.2. The number of nitrogens with zero attached hydrogens (tertiary/aromatic N) is 2. The number of sulfonamides is 2. The van der Waals surface area contributed by atoms with Crippen LogP contribution in [0, 0.1) is 0 Å². The third-order valence-corrected chi connectivity index (χ3v) is 9.70. The molecular formula is C21H25N3O5S2. The van der Waals surface area contributed by atoms with Crippen LogP contribution in [0.4, 0.5) is 0 Å². The number of carbonyl (C=O) groups is 1. The minimum Gasteiger partial charge on any atom is -0.368 e. The average molecular weight is 464 g/mol. The second-order valence-electron chi connectivity index (χ2n) is 7.88. The van der Waals surface area contributed by atoms with Crippen LogP contribution in [0.3, 0.4) is 0 Å². The van der Waals surface area contributed by atoms with Crippen molar-refractivity contribution in [2.75, 3.05) is 13.1 Å². The van der Waals surface area contributed by atoms with Crippen molar-refractivity contribution >= 4 is 26.0 Å². The highest BCUT2D eigenvalue weighted by Gasteiger charge is 2.38. The third-order valence-electron chi connectivity index (χ3n) is 5.92. The number of rotatable bonds is 5. The maximum Gasteiger partial charge on any atom is 0.244 e. The molecule has 2 aromatic carbocycles. The molecule has 2 N–H and O–H groups in total. The van der Waals surface area contributed by atoms with Gasteiger partial charge in [-0.05, 0) is 54.7 Å². The fourth-order valence-electron chi connectivity index (χ4n) is 4.17. The van der Waals surface area contributed by atoms with Crippen molar-refractivity contribution < 1.29 is 21.6 Å². The molecule has 0 unspecified atom stereocenters. The maximum absolute atomic E-state index is 13.3. The van der Waals surface area contributed by atoms with E-state index in [1.54, 1.807) is 0 Å². The smallest absolute Gasteiger partial charge is 0.244 e. The molecule has 1 amide bonds. The molecule has 1 saturated heterocycles. The first-order chi connectivity index (χ1) is 14.7. The summed E-state index contributed by atoms with van der Waals surface area (Å²) in [5, 5.41) is 0. The van der Waals surface area contributed by atoms with Gasteiger partial charge in [0.05, 0.1) is 9.79 Å². The lowest BCUT2D eigenvalue weighted by molar-refractivity contribution is -0.122. The van der Waals surface area contributed by atoms with Crippen molar-refractivity contribution in [3.63, 3.8) is 0 Å². The summed E-state index contributed by atoms with van der Waals surface area (Å²) in [5.41, 5.74) is 7.23. The zero-order valence-corrected chi connectivity index (χ0v) is 18.6. The summed E-state index contributed by atoms with van der Waals surface area (Å²) in [6.45, 7) is 0.964. The van der Waals surface area contributed by atoms with E-state index in [-0.39, 0.29) is 22.8 Å². The first-order valence-corrected chi connectivity index (χ1v) is 13.1. The Kier molecular flexibility index (Phi) is 5.91. The predicted octanol–water partition coefficient (Wildman–Crippen LogP) is 1.46. The minimum atomic E-state index is -4.06. The molecule has 0 aliphatic carbocycles. The standard InChI is InChI=1S/C21H25N3O5S2/c22-21(25)20-14-16-6-2-3-7-17(16)15-24(20)31(28,29)19-10-8-18(9-11-19)30(26,27)23-12-4-1-5-13-23/h2-3,6-11,20H,1,4-5,12-15H2,(H2,22,25)/t20-/m0/s1. The third kappa shape index (κ3) is 4.12. The summed E-state index contributed by atoms with van der Waals surface area (Å²) in [4.78, 5) is 12.0. The molecule has 0 aromatic heterocycles. The molecule has 1 fully saturated rings. The van der Waals surface area contributed by atoms with Gasteiger partial charge in [-0.2, -0.15) is 8.61 Å².